The second kappa shape index (κ2) is 3.97. The molecule has 1 aromatic heterocycles. The fourth-order valence-electron chi connectivity index (χ4n) is 2.54. The Morgan fingerprint density at radius 3 is 2.56 bits per heavy atom. The van der Waals surface area contributed by atoms with Crippen LogP contribution in [0.15, 0.2) is 24.4 Å². The molecule has 94 valence electrons. The van der Waals surface area contributed by atoms with Gasteiger partial charge in [-0.15, -0.1) is 0 Å². The zero-order valence-corrected chi connectivity index (χ0v) is 9.85. The molecule has 0 aliphatic carbocycles. The molecule has 2 aliphatic rings. The number of anilines is 1. The largest absolute Gasteiger partial charge is 0.356 e. The molecular formula is C12H14N4O2. The highest BCUT2D eigenvalue weighted by molar-refractivity contribution is 6.07. The van der Waals surface area contributed by atoms with Gasteiger partial charge in [0.05, 0.1) is 0 Å². The highest BCUT2D eigenvalue weighted by Gasteiger charge is 2.47. The van der Waals surface area contributed by atoms with Crippen LogP contribution in [0.3, 0.4) is 0 Å². The van der Waals surface area contributed by atoms with Crippen LogP contribution < -0.4 is 15.5 Å². The summed E-state index contributed by atoms with van der Waals surface area (Å²) in [6, 6.07) is 5.38. The first-order valence-corrected chi connectivity index (χ1v) is 5.99. The van der Waals surface area contributed by atoms with Crippen molar-refractivity contribution in [3.8, 4) is 0 Å². The Morgan fingerprint density at radius 2 is 2.00 bits per heavy atom. The molecule has 3 heterocycles. The summed E-state index contributed by atoms with van der Waals surface area (Å²) >= 11 is 0. The smallest absolute Gasteiger partial charge is 0.322 e. The van der Waals surface area contributed by atoms with Gasteiger partial charge >= 0.3 is 6.03 Å². The maximum Gasteiger partial charge on any atom is 0.322 e. The number of hydrogen-bond acceptors (Lipinski definition) is 4. The second-order valence-electron chi connectivity index (χ2n) is 4.67. The zero-order valence-electron chi connectivity index (χ0n) is 9.85. The topological polar surface area (TPSA) is 74.3 Å². The first kappa shape index (κ1) is 11.0. The predicted molar refractivity (Wildman–Crippen MR) is 65.1 cm³/mol. The zero-order chi connectivity index (χ0) is 12.6. The summed E-state index contributed by atoms with van der Waals surface area (Å²) < 4.78 is 0. The van der Waals surface area contributed by atoms with E-state index in [2.05, 4.69) is 20.5 Å². The van der Waals surface area contributed by atoms with E-state index in [1.54, 1.807) is 6.20 Å². The Balaban J connectivity index is 1.72. The molecule has 3 rings (SSSR count). The van der Waals surface area contributed by atoms with Crippen molar-refractivity contribution < 1.29 is 9.59 Å². The molecule has 0 radical (unpaired) electrons. The predicted octanol–water partition coefficient (Wildman–Crippen LogP) is 0.260. The van der Waals surface area contributed by atoms with Crippen LogP contribution in [0.5, 0.6) is 0 Å². The Bertz CT molecular complexity index is 480. The Labute approximate surface area is 104 Å². The van der Waals surface area contributed by atoms with Crippen molar-refractivity contribution in [2.24, 2.45) is 0 Å². The number of pyridine rings is 1. The van der Waals surface area contributed by atoms with Crippen molar-refractivity contribution in [1.29, 1.82) is 0 Å². The third-order valence-corrected chi connectivity index (χ3v) is 3.60. The van der Waals surface area contributed by atoms with Gasteiger partial charge in [0.2, 0.25) is 0 Å². The van der Waals surface area contributed by atoms with E-state index in [9.17, 15) is 9.59 Å². The first-order valence-electron chi connectivity index (χ1n) is 5.99. The molecule has 0 saturated carbocycles. The van der Waals surface area contributed by atoms with E-state index in [0.29, 0.717) is 25.9 Å². The lowest BCUT2D eigenvalue weighted by atomic mass is 9.88. The minimum absolute atomic E-state index is 0.201. The highest BCUT2D eigenvalue weighted by Crippen LogP contribution is 2.27. The number of nitrogens with one attached hydrogen (secondary N) is 2. The number of rotatable bonds is 1. The standard InChI is InChI=1S/C12H14N4O2/c17-10-12(15-11(18)14-10)4-7-16(8-5-12)9-3-1-2-6-13-9/h1-3,6H,4-5,7-8H2,(H2,14,15,17,18). The van der Waals surface area contributed by atoms with Crippen molar-refractivity contribution in [3.63, 3.8) is 0 Å². The van der Waals surface area contributed by atoms with Gasteiger partial charge < -0.3 is 10.2 Å². The molecular weight excluding hydrogens is 232 g/mol. The first-order chi connectivity index (χ1) is 8.70. The van der Waals surface area contributed by atoms with Crippen LogP contribution in [-0.2, 0) is 4.79 Å². The molecule has 6 heteroatoms. The molecule has 0 atom stereocenters. The van der Waals surface area contributed by atoms with Gasteiger partial charge in [0.15, 0.2) is 0 Å². The van der Waals surface area contributed by atoms with Gasteiger partial charge in [-0.3, -0.25) is 10.1 Å². The molecule has 6 nitrogen and oxygen atoms in total. The minimum Gasteiger partial charge on any atom is -0.356 e. The van der Waals surface area contributed by atoms with E-state index in [0.717, 1.165) is 5.82 Å². The summed E-state index contributed by atoms with van der Waals surface area (Å²) in [5, 5.41) is 5.05. The maximum absolute atomic E-state index is 11.8. The molecule has 2 fully saturated rings. The molecule has 18 heavy (non-hydrogen) atoms. The monoisotopic (exact) mass is 246 g/mol. The number of piperidine rings is 1. The fourth-order valence-corrected chi connectivity index (χ4v) is 2.54. The lowest BCUT2D eigenvalue weighted by Crippen LogP contribution is -2.55. The summed E-state index contributed by atoms with van der Waals surface area (Å²) in [5.74, 6) is 0.713. The Hall–Kier alpha value is -2.11. The van der Waals surface area contributed by atoms with Crippen molar-refractivity contribution in [2.75, 3.05) is 18.0 Å². The average molecular weight is 246 g/mol. The Kier molecular flexibility index (Phi) is 2.43. The van der Waals surface area contributed by atoms with Gasteiger partial charge in [-0.05, 0) is 25.0 Å². The molecule has 3 amide bonds. The molecule has 0 unspecified atom stereocenters. The van der Waals surface area contributed by atoms with Gasteiger partial charge in [0.1, 0.15) is 11.4 Å². The molecule has 1 aromatic rings. The van der Waals surface area contributed by atoms with Crippen LogP contribution in [0.2, 0.25) is 0 Å². The van der Waals surface area contributed by atoms with E-state index in [4.69, 9.17) is 0 Å². The van der Waals surface area contributed by atoms with Crippen LogP contribution in [0.4, 0.5) is 10.6 Å². The molecule has 2 saturated heterocycles. The third kappa shape index (κ3) is 1.70. The van der Waals surface area contributed by atoms with Gasteiger partial charge in [-0.25, -0.2) is 9.78 Å². The summed E-state index contributed by atoms with van der Waals surface area (Å²) in [4.78, 5) is 29.4. The lowest BCUT2D eigenvalue weighted by molar-refractivity contribution is -0.124. The maximum atomic E-state index is 11.8. The van der Waals surface area contributed by atoms with E-state index >= 15 is 0 Å². The number of amides is 3. The third-order valence-electron chi connectivity index (χ3n) is 3.60. The number of carbonyl (C=O) groups excluding carboxylic acids is 2. The van der Waals surface area contributed by atoms with E-state index in [1.807, 2.05) is 18.2 Å². The quantitative estimate of drug-likeness (QED) is 0.697. The molecule has 2 N–H and O–H groups in total. The van der Waals surface area contributed by atoms with Crippen LogP contribution in [0.1, 0.15) is 12.8 Å². The van der Waals surface area contributed by atoms with Gasteiger partial charge in [0.25, 0.3) is 5.91 Å². The molecule has 2 aliphatic heterocycles. The van der Waals surface area contributed by atoms with Gasteiger partial charge in [0, 0.05) is 19.3 Å². The van der Waals surface area contributed by atoms with Crippen LogP contribution in [0.25, 0.3) is 0 Å². The van der Waals surface area contributed by atoms with Crippen molar-refractivity contribution in [3.05, 3.63) is 24.4 Å². The molecule has 0 aromatic carbocycles. The minimum atomic E-state index is -0.706. The SMILES string of the molecule is O=C1NC(=O)C2(CCN(c3ccccn3)CC2)N1. The highest BCUT2D eigenvalue weighted by atomic mass is 16.2. The number of carbonyl (C=O) groups is 2. The summed E-state index contributed by atoms with van der Waals surface area (Å²) in [6.07, 6.45) is 2.98. The average Bonchev–Trinajstić information content (AvgIpc) is 2.66. The number of urea groups is 1. The summed E-state index contributed by atoms with van der Waals surface area (Å²) in [5.41, 5.74) is -0.706. The van der Waals surface area contributed by atoms with Crippen LogP contribution in [-0.4, -0.2) is 35.6 Å². The van der Waals surface area contributed by atoms with Crippen molar-refractivity contribution in [1.82, 2.24) is 15.6 Å². The summed E-state index contributed by atoms with van der Waals surface area (Å²) in [7, 11) is 0. The lowest BCUT2D eigenvalue weighted by Gasteiger charge is -2.37. The van der Waals surface area contributed by atoms with Crippen LogP contribution in [0, 0.1) is 0 Å². The number of hydrogen-bond donors (Lipinski definition) is 2. The van der Waals surface area contributed by atoms with Crippen LogP contribution >= 0.6 is 0 Å². The number of nitrogens with zero attached hydrogens (tertiary/aromatic N) is 2. The van der Waals surface area contributed by atoms with E-state index < -0.39 is 5.54 Å². The van der Waals surface area contributed by atoms with Crippen molar-refractivity contribution >= 4 is 17.8 Å². The molecule has 0 bridgehead atoms. The van der Waals surface area contributed by atoms with E-state index in [1.165, 1.54) is 0 Å². The fraction of sp³-hybridized carbons (Fsp3) is 0.417. The summed E-state index contributed by atoms with van der Waals surface area (Å²) in [6.45, 7) is 1.43. The Morgan fingerprint density at radius 1 is 1.22 bits per heavy atom. The second-order valence-corrected chi connectivity index (χ2v) is 4.67. The molecule has 1 spiro atoms. The van der Waals surface area contributed by atoms with Gasteiger partial charge in [-0.1, -0.05) is 6.07 Å². The van der Waals surface area contributed by atoms with Gasteiger partial charge in [-0.2, -0.15) is 0 Å². The van der Waals surface area contributed by atoms with Crippen molar-refractivity contribution in [2.45, 2.75) is 18.4 Å². The number of imide groups is 1. The number of aromatic nitrogens is 1. The van der Waals surface area contributed by atoms with E-state index in [-0.39, 0.29) is 11.9 Å². The normalized spacial score (nSPS) is 21.9.